The topological polar surface area (TPSA) is 68.0 Å². The van der Waals surface area contributed by atoms with Crippen molar-refractivity contribution in [3.63, 3.8) is 0 Å². The molecule has 1 saturated carbocycles. The summed E-state index contributed by atoms with van der Waals surface area (Å²) in [6, 6.07) is 3.84. The Labute approximate surface area is 124 Å². The Kier molecular flexibility index (Phi) is 3.66. The number of hydrogen-bond acceptors (Lipinski definition) is 3. The maximum atomic E-state index is 11.3. The van der Waals surface area contributed by atoms with Gasteiger partial charge in [0.15, 0.2) is 5.65 Å². The fraction of sp³-hybridized carbons (Fsp3) is 0.562. The van der Waals surface area contributed by atoms with E-state index in [1.165, 1.54) is 6.42 Å². The number of aromatic nitrogens is 3. The molecule has 2 heterocycles. The number of aliphatic carboxylic acids is 1. The summed E-state index contributed by atoms with van der Waals surface area (Å²) < 4.78 is 2.01. The number of rotatable bonds is 4. The summed E-state index contributed by atoms with van der Waals surface area (Å²) in [6.07, 6.45) is 8.15. The highest BCUT2D eigenvalue weighted by Crippen LogP contribution is 2.42. The van der Waals surface area contributed by atoms with Crippen LogP contribution < -0.4 is 0 Å². The number of carboxylic acids is 1. The molecule has 1 fully saturated rings. The van der Waals surface area contributed by atoms with Gasteiger partial charge in [-0.1, -0.05) is 19.3 Å². The summed E-state index contributed by atoms with van der Waals surface area (Å²) in [6.45, 7) is 0. The van der Waals surface area contributed by atoms with E-state index >= 15 is 0 Å². The van der Waals surface area contributed by atoms with E-state index in [1.54, 1.807) is 6.20 Å². The van der Waals surface area contributed by atoms with Crippen LogP contribution in [0.2, 0.25) is 0 Å². The highest BCUT2D eigenvalue weighted by molar-refractivity contribution is 5.71. The third-order valence-electron chi connectivity index (χ3n) is 4.69. The lowest BCUT2D eigenvalue weighted by Gasteiger charge is -2.35. The smallest absolute Gasteiger partial charge is 0.303 e. The summed E-state index contributed by atoms with van der Waals surface area (Å²) in [5, 5.41) is 9.28. The third-order valence-corrected chi connectivity index (χ3v) is 4.69. The summed E-state index contributed by atoms with van der Waals surface area (Å²) in [7, 11) is 1.97. The molecule has 0 aromatic carbocycles. The van der Waals surface area contributed by atoms with Crippen LogP contribution in [-0.2, 0) is 18.3 Å². The Morgan fingerprint density at radius 1 is 1.38 bits per heavy atom. The monoisotopic (exact) mass is 287 g/mol. The molecule has 0 unspecified atom stereocenters. The van der Waals surface area contributed by atoms with E-state index in [9.17, 15) is 9.90 Å². The molecule has 1 aliphatic rings. The molecule has 0 spiro atoms. The first-order chi connectivity index (χ1) is 10.1. The van der Waals surface area contributed by atoms with E-state index in [2.05, 4.69) is 9.97 Å². The zero-order chi connectivity index (χ0) is 14.9. The Morgan fingerprint density at radius 2 is 2.14 bits per heavy atom. The predicted octanol–water partition coefficient (Wildman–Crippen LogP) is 2.94. The van der Waals surface area contributed by atoms with E-state index in [1.807, 2.05) is 23.7 Å². The molecule has 0 radical (unpaired) electrons. The Balaban J connectivity index is 1.93. The fourth-order valence-electron chi connectivity index (χ4n) is 3.60. The van der Waals surface area contributed by atoms with Gasteiger partial charge in [0, 0.05) is 19.7 Å². The number of fused-ring (bicyclic) bond motifs is 1. The summed E-state index contributed by atoms with van der Waals surface area (Å²) in [4.78, 5) is 20.3. The van der Waals surface area contributed by atoms with Gasteiger partial charge in [0.1, 0.15) is 11.3 Å². The lowest BCUT2D eigenvalue weighted by atomic mass is 9.69. The van der Waals surface area contributed by atoms with Crippen molar-refractivity contribution < 1.29 is 9.90 Å². The van der Waals surface area contributed by atoms with Crippen LogP contribution in [0, 0.1) is 5.41 Å². The van der Waals surface area contributed by atoms with Crippen LogP contribution in [-0.4, -0.2) is 25.6 Å². The zero-order valence-corrected chi connectivity index (χ0v) is 12.4. The number of aryl methyl sites for hydroxylation is 1. The van der Waals surface area contributed by atoms with Crippen molar-refractivity contribution >= 4 is 17.1 Å². The molecule has 5 heteroatoms. The summed E-state index contributed by atoms with van der Waals surface area (Å²) in [5.41, 5.74) is 1.62. The first-order valence-electron chi connectivity index (χ1n) is 7.58. The average molecular weight is 287 g/mol. The van der Waals surface area contributed by atoms with Crippen molar-refractivity contribution in [2.75, 3.05) is 0 Å². The van der Waals surface area contributed by atoms with Gasteiger partial charge in [-0.25, -0.2) is 9.97 Å². The van der Waals surface area contributed by atoms with Crippen molar-refractivity contribution in [1.29, 1.82) is 0 Å². The maximum Gasteiger partial charge on any atom is 0.303 e. The number of carboxylic acid groups (broad SMARTS) is 1. The van der Waals surface area contributed by atoms with Gasteiger partial charge in [0.05, 0.1) is 6.42 Å². The van der Waals surface area contributed by atoms with Crippen LogP contribution in [0.5, 0.6) is 0 Å². The van der Waals surface area contributed by atoms with Gasteiger partial charge in [0.2, 0.25) is 0 Å². The van der Waals surface area contributed by atoms with Gasteiger partial charge < -0.3 is 9.67 Å². The van der Waals surface area contributed by atoms with Crippen molar-refractivity contribution in [3.8, 4) is 0 Å². The first kappa shape index (κ1) is 14.0. The first-order valence-corrected chi connectivity index (χ1v) is 7.58. The summed E-state index contributed by atoms with van der Waals surface area (Å²) >= 11 is 0. The van der Waals surface area contributed by atoms with Crippen molar-refractivity contribution in [3.05, 3.63) is 24.2 Å². The molecule has 0 atom stereocenters. The molecule has 0 bridgehead atoms. The van der Waals surface area contributed by atoms with Gasteiger partial charge >= 0.3 is 5.97 Å². The second-order valence-electron chi connectivity index (χ2n) is 6.24. The normalized spacial score (nSPS) is 18.0. The quantitative estimate of drug-likeness (QED) is 0.938. The predicted molar refractivity (Wildman–Crippen MR) is 80.0 cm³/mol. The average Bonchev–Trinajstić information content (AvgIpc) is 2.76. The van der Waals surface area contributed by atoms with E-state index in [4.69, 9.17) is 0 Å². The lowest BCUT2D eigenvalue weighted by Crippen LogP contribution is -2.30. The van der Waals surface area contributed by atoms with Crippen molar-refractivity contribution in [2.24, 2.45) is 12.5 Å². The van der Waals surface area contributed by atoms with Crippen LogP contribution in [0.15, 0.2) is 18.3 Å². The maximum absolute atomic E-state index is 11.3. The Bertz CT molecular complexity index is 657. The molecular weight excluding hydrogens is 266 g/mol. The van der Waals surface area contributed by atoms with E-state index in [0.29, 0.717) is 0 Å². The van der Waals surface area contributed by atoms with Crippen LogP contribution in [0.4, 0.5) is 0 Å². The van der Waals surface area contributed by atoms with Gasteiger partial charge in [0.25, 0.3) is 0 Å². The molecular formula is C16H21N3O2. The standard InChI is InChI=1S/C16H21N3O2/c1-19-13(18-12-6-5-9-17-15(12)19)10-16(11-14(20)21)7-3-2-4-8-16/h5-6,9H,2-4,7-8,10-11H2,1H3,(H,20,21). The van der Waals surface area contributed by atoms with Gasteiger partial charge in [-0.15, -0.1) is 0 Å². The van der Waals surface area contributed by atoms with E-state index < -0.39 is 5.97 Å². The molecule has 112 valence electrons. The molecule has 21 heavy (non-hydrogen) atoms. The molecule has 0 amide bonds. The minimum atomic E-state index is -0.700. The van der Waals surface area contributed by atoms with Crippen LogP contribution in [0.3, 0.4) is 0 Å². The highest BCUT2D eigenvalue weighted by Gasteiger charge is 2.36. The minimum Gasteiger partial charge on any atom is -0.481 e. The minimum absolute atomic E-state index is 0.140. The molecule has 0 saturated heterocycles. The number of pyridine rings is 1. The van der Waals surface area contributed by atoms with Crippen LogP contribution >= 0.6 is 0 Å². The van der Waals surface area contributed by atoms with E-state index in [-0.39, 0.29) is 11.8 Å². The highest BCUT2D eigenvalue weighted by atomic mass is 16.4. The largest absolute Gasteiger partial charge is 0.481 e. The second-order valence-corrected chi connectivity index (χ2v) is 6.24. The lowest BCUT2D eigenvalue weighted by molar-refractivity contribution is -0.140. The van der Waals surface area contributed by atoms with Gasteiger partial charge in [-0.2, -0.15) is 0 Å². The Morgan fingerprint density at radius 3 is 2.81 bits per heavy atom. The molecule has 3 rings (SSSR count). The fourth-order valence-corrected chi connectivity index (χ4v) is 3.60. The molecule has 1 aliphatic carbocycles. The molecule has 1 N–H and O–H groups in total. The van der Waals surface area contributed by atoms with Crippen molar-refractivity contribution in [1.82, 2.24) is 14.5 Å². The molecule has 5 nitrogen and oxygen atoms in total. The number of hydrogen-bond donors (Lipinski definition) is 1. The molecule has 0 aliphatic heterocycles. The van der Waals surface area contributed by atoms with Gasteiger partial charge in [-0.3, -0.25) is 4.79 Å². The molecule has 2 aromatic rings. The summed E-state index contributed by atoms with van der Waals surface area (Å²) in [5.74, 6) is 0.251. The van der Waals surface area contributed by atoms with Crippen LogP contribution in [0.1, 0.15) is 44.3 Å². The number of nitrogens with zero attached hydrogens (tertiary/aromatic N) is 3. The third kappa shape index (κ3) is 2.77. The second kappa shape index (κ2) is 5.47. The number of imidazole rings is 1. The molecule has 2 aromatic heterocycles. The Hall–Kier alpha value is -1.91. The van der Waals surface area contributed by atoms with Gasteiger partial charge in [-0.05, 0) is 30.4 Å². The van der Waals surface area contributed by atoms with Crippen LogP contribution in [0.25, 0.3) is 11.2 Å². The zero-order valence-electron chi connectivity index (χ0n) is 12.4. The van der Waals surface area contributed by atoms with Crippen molar-refractivity contribution in [2.45, 2.75) is 44.9 Å². The SMILES string of the molecule is Cn1c(CC2(CC(=O)O)CCCCC2)nc2cccnc21. The van der Waals surface area contributed by atoms with E-state index in [0.717, 1.165) is 49.1 Å². The number of carbonyl (C=O) groups is 1.